The topological polar surface area (TPSA) is 70.8 Å². The molecule has 0 bridgehead atoms. The third-order valence-electron chi connectivity index (χ3n) is 2.99. The molecule has 0 unspecified atom stereocenters. The Balaban J connectivity index is 2.25. The van der Waals surface area contributed by atoms with Gasteiger partial charge in [0.1, 0.15) is 18.1 Å². The number of methoxy groups -OCH3 is 2. The zero-order chi connectivity index (χ0) is 16.1. The predicted octanol–water partition coefficient (Wildman–Crippen LogP) is 3.84. The van der Waals surface area contributed by atoms with E-state index in [2.05, 4.69) is 0 Å². The lowest BCUT2D eigenvalue weighted by Crippen LogP contribution is -2.01. The Kier molecular flexibility index (Phi) is 5.06. The molecule has 0 spiro atoms. The van der Waals surface area contributed by atoms with Gasteiger partial charge in [-0.15, -0.1) is 0 Å². The first-order valence-corrected chi connectivity index (χ1v) is 6.70. The number of nitrogens with zero attached hydrogens (tertiary/aromatic N) is 1. The quantitative estimate of drug-likeness (QED) is 0.596. The van der Waals surface area contributed by atoms with E-state index in [9.17, 15) is 10.1 Å². The summed E-state index contributed by atoms with van der Waals surface area (Å²) in [6, 6.07) is 9.50. The molecule has 0 fully saturated rings. The fourth-order valence-electron chi connectivity index (χ4n) is 1.91. The molecular formula is C15H14ClNO5. The van der Waals surface area contributed by atoms with Gasteiger partial charge in [0.25, 0.3) is 0 Å². The highest BCUT2D eigenvalue weighted by atomic mass is 35.5. The van der Waals surface area contributed by atoms with E-state index in [1.165, 1.54) is 25.3 Å². The van der Waals surface area contributed by atoms with Crippen LogP contribution in [0.1, 0.15) is 5.56 Å². The smallest absolute Gasteiger partial charge is 0.312 e. The fraction of sp³-hybridized carbons (Fsp3) is 0.200. The molecule has 2 aromatic carbocycles. The number of nitro benzene ring substituents is 1. The second-order valence-electron chi connectivity index (χ2n) is 4.34. The van der Waals surface area contributed by atoms with Crippen molar-refractivity contribution in [3.8, 4) is 17.2 Å². The van der Waals surface area contributed by atoms with Gasteiger partial charge in [-0.05, 0) is 30.3 Å². The molecule has 0 amide bonds. The van der Waals surface area contributed by atoms with Crippen molar-refractivity contribution < 1.29 is 19.1 Å². The number of hydrogen-bond acceptors (Lipinski definition) is 5. The third-order valence-corrected chi connectivity index (χ3v) is 3.22. The van der Waals surface area contributed by atoms with E-state index in [4.69, 9.17) is 25.8 Å². The van der Waals surface area contributed by atoms with Crippen molar-refractivity contribution in [2.75, 3.05) is 14.2 Å². The van der Waals surface area contributed by atoms with E-state index in [1.54, 1.807) is 25.3 Å². The molecule has 0 saturated heterocycles. The summed E-state index contributed by atoms with van der Waals surface area (Å²) in [6.45, 7) is 0.100. The second-order valence-corrected chi connectivity index (χ2v) is 4.77. The molecule has 0 atom stereocenters. The minimum atomic E-state index is -0.538. The minimum absolute atomic E-state index is 0.100. The van der Waals surface area contributed by atoms with Gasteiger partial charge in [-0.3, -0.25) is 10.1 Å². The molecule has 2 rings (SSSR count). The largest absolute Gasteiger partial charge is 0.497 e. The van der Waals surface area contributed by atoms with Crippen LogP contribution in [0.3, 0.4) is 0 Å². The maximum absolute atomic E-state index is 11.0. The molecule has 0 aromatic heterocycles. The first-order chi connectivity index (χ1) is 10.5. The van der Waals surface area contributed by atoms with Crippen LogP contribution in [0.25, 0.3) is 0 Å². The molecule has 2 aromatic rings. The summed E-state index contributed by atoms with van der Waals surface area (Å²) in [5.74, 6) is 1.39. The summed E-state index contributed by atoms with van der Waals surface area (Å²) >= 11 is 5.77. The summed E-state index contributed by atoms with van der Waals surface area (Å²) in [4.78, 5) is 10.5. The molecule has 0 aliphatic heterocycles. The molecule has 0 saturated carbocycles. The molecule has 0 radical (unpaired) electrons. The molecule has 0 aliphatic carbocycles. The van der Waals surface area contributed by atoms with Gasteiger partial charge in [0.15, 0.2) is 5.75 Å². The van der Waals surface area contributed by atoms with Gasteiger partial charge in [-0.25, -0.2) is 0 Å². The number of nitro groups is 1. The van der Waals surface area contributed by atoms with Crippen molar-refractivity contribution in [1.82, 2.24) is 0 Å². The highest BCUT2D eigenvalue weighted by molar-refractivity contribution is 6.30. The first-order valence-electron chi connectivity index (χ1n) is 6.32. The van der Waals surface area contributed by atoms with Crippen LogP contribution in [-0.4, -0.2) is 19.1 Å². The summed E-state index contributed by atoms with van der Waals surface area (Å²) in [5, 5.41) is 11.3. The summed E-state index contributed by atoms with van der Waals surface area (Å²) in [5.41, 5.74) is 0.528. The zero-order valence-electron chi connectivity index (χ0n) is 12.0. The van der Waals surface area contributed by atoms with Gasteiger partial charge in [0, 0.05) is 16.7 Å². The molecule has 7 heteroatoms. The SMILES string of the molecule is COc1ccc(OC)c(COc2ccc(Cl)cc2[N+](=O)[O-])c1. The van der Waals surface area contributed by atoms with E-state index >= 15 is 0 Å². The van der Waals surface area contributed by atoms with E-state index in [1.807, 2.05) is 0 Å². The highest BCUT2D eigenvalue weighted by Crippen LogP contribution is 2.32. The molecule has 116 valence electrons. The van der Waals surface area contributed by atoms with Gasteiger partial charge >= 0.3 is 5.69 Å². The Morgan fingerprint density at radius 1 is 1.09 bits per heavy atom. The lowest BCUT2D eigenvalue weighted by molar-refractivity contribution is -0.385. The Hall–Kier alpha value is -2.47. The van der Waals surface area contributed by atoms with Crippen LogP contribution < -0.4 is 14.2 Å². The Morgan fingerprint density at radius 2 is 1.82 bits per heavy atom. The Labute approximate surface area is 132 Å². The third kappa shape index (κ3) is 3.59. The maximum Gasteiger partial charge on any atom is 0.312 e. The van der Waals surface area contributed by atoms with E-state index < -0.39 is 4.92 Å². The van der Waals surface area contributed by atoms with Crippen molar-refractivity contribution >= 4 is 17.3 Å². The maximum atomic E-state index is 11.0. The lowest BCUT2D eigenvalue weighted by atomic mass is 10.2. The van der Waals surface area contributed by atoms with Crippen molar-refractivity contribution in [2.45, 2.75) is 6.61 Å². The van der Waals surface area contributed by atoms with Crippen molar-refractivity contribution in [2.24, 2.45) is 0 Å². The van der Waals surface area contributed by atoms with Crippen LogP contribution in [0.2, 0.25) is 5.02 Å². The van der Waals surface area contributed by atoms with Gasteiger partial charge in [0.2, 0.25) is 0 Å². The number of halogens is 1. The van der Waals surface area contributed by atoms with Gasteiger partial charge in [0.05, 0.1) is 19.1 Å². The standard InChI is InChI=1S/C15H14ClNO5/c1-20-12-4-6-14(21-2)10(7-12)9-22-15-5-3-11(16)8-13(15)17(18)19/h3-8H,9H2,1-2H3. The number of rotatable bonds is 6. The van der Waals surface area contributed by atoms with Crippen LogP contribution in [0.4, 0.5) is 5.69 Å². The van der Waals surface area contributed by atoms with Crippen LogP contribution in [0.5, 0.6) is 17.2 Å². The average molecular weight is 324 g/mol. The normalized spacial score (nSPS) is 10.1. The molecule has 0 aliphatic rings. The molecule has 0 heterocycles. The molecule has 22 heavy (non-hydrogen) atoms. The van der Waals surface area contributed by atoms with Crippen LogP contribution in [-0.2, 0) is 6.61 Å². The van der Waals surface area contributed by atoms with Gasteiger partial charge in [-0.1, -0.05) is 11.6 Å². The summed E-state index contributed by atoms with van der Waals surface area (Å²) in [6.07, 6.45) is 0. The fourth-order valence-corrected chi connectivity index (χ4v) is 2.07. The molecular weight excluding hydrogens is 310 g/mol. The van der Waals surface area contributed by atoms with E-state index in [0.29, 0.717) is 17.1 Å². The van der Waals surface area contributed by atoms with Crippen molar-refractivity contribution in [3.05, 3.63) is 57.1 Å². The second kappa shape index (κ2) is 7.00. The molecule has 6 nitrogen and oxygen atoms in total. The monoisotopic (exact) mass is 323 g/mol. The Bertz CT molecular complexity index is 690. The van der Waals surface area contributed by atoms with Crippen molar-refractivity contribution in [3.63, 3.8) is 0 Å². The lowest BCUT2D eigenvalue weighted by Gasteiger charge is -2.12. The Morgan fingerprint density at radius 3 is 2.45 bits per heavy atom. The number of ether oxygens (including phenoxy) is 3. The highest BCUT2D eigenvalue weighted by Gasteiger charge is 2.16. The number of hydrogen-bond donors (Lipinski definition) is 0. The van der Waals surface area contributed by atoms with E-state index in [-0.39, 0.29) is 23.1 Å². The number of benzene rings is 2. The van der Waals surface area contributed by atoms with Crippen LogP contribution in [0, 0.1) is 10.1 Å². The van der Waals surface area contributed by atoms with Crippen molar-refractivity contribution in [1.29, 1.82) is 0 Å². The average Bonchev–Trinajstić information content (AvgIpc) is 2.53. The predicted molar refractivity (Wildman–Crippen MR) is 82.0 cm³/mol. The summed E-state index contributed by atoms with van der Waals surface area (Å²) in [7, 11) is 3.09. The molecule has 0 N–H and O–H groups in total. The van der Waals surface area contributed by atoms with Gasteiger partial charge in [-0.2, -0.15) is 0 Å². The van der Waals surface area contributed by atoms with Crippen LogP contribution >= 0.6 is 11.6 Å². The van der Waals surface area contributed by atoms with E-state index in [0.717, 1.165) is 0 Å². The minimum Gasteiger partial charge on any atom is -0.497 e. The summed E-state index contributed by atoms with van der Waals surface area (Å²) < 4.78 is 15.9. The van der Waals surface area contributed by atoms with Crippen LogP contribution in [0.15, 0.2) is 36.4 Å². The zero-order valence-corrected chi connectivity index (χ0v) is 12.8. The van der Waals surface area contributed by atoms with Gasteiger partial charge < -0.3 is 14.2 Å². The first kappa shape index (κ1) is 15.9.